The van der Waals surface area contributed by atoms with E-state index in [2.05, 4.69) is 10.1 Å². The summed E-state index contributed by atoms with van der Waals surface area (Å²) in [5.41, 5.74) is 6.50. The van der Waals surface area contributed by atoms with Crippen molar-refractivity contribution in [2.24, 2.45) is 17.8 Å². The third kappa shape index (κ3) is 1.80. The minimum Gasteiger partial charge on any atom is -0.383 e. The maximum Gasteiger partial charge on any atom is 0.128 e. The smallest absolute Gasteiger partial charge is 0.128 e. The van der Waals surface area contributed by atoms with Crippen LogP contribution in [-0.4, -0.2) is 22.2 Å². The third-order valence-corrected chi connectivity index (χ3v) is 1.33. The third-order valence-electron chi connectivity index (χ3n) is 1.33. The summed E-state index contributed by atoms with van der Waals surface area (Å²) < 4.78 is 1.70. The summed E-state index contributed by atoms with van der Waals surface area (Å²) in [5, 5.41) is 3.98. The number of hydrogen-bond acceptors (Lipinski definition) is 2. The second-order valence-corrected chi connectivity index (χ2v) is 2.26. The van der Waals surface area contributed by atoms with Gasteiger partial charge in [-0.15, -0.1) is 0 Å². The normalized spacial score (nSPS) is 12.0. The molecular formula is C7H12N4. The van der Waals surface area contributed by atoms with Crippen LogP contribution in [0.15, 0.2) is 17.4 Å². The van der Waals surface area contributed by atoms with Crippen molar-refractivity contribution in [3.8, 4) is 0 Å². The molecule has 0 aromatic carbocycles. The zero-order valence-electron chi connectivity index (χ0n) is 6.78. The molecule has 60 valence electrons. The fourth-order valence-corrected chi connectivity index (χ4v) is 0.815. The van der Waals surface area contributed by atoms with Crippen molar-refractivity contribution < 1.29 is 0 Å². The first-order valence-corrected chi connectivity index (χ1v) is 3.53. The maximum absolute atomic E-state index is 5.62. The second kappa shape index (κ2) is 3.18. The van der Waals surface area contributed by atoms with E-state index in [9.17, 15) is 0 Å². The molecule has 1 aromatic rings. The minimum atomic E-state index is 0.556. The lowest BCUT2D eigenvalue weighted by Crippen LogP contribution is -2.12. The summed E-state index contributed by atoms with van der Waals surface area (Å²) in [7, 11) is 1.85. The van der Waals surface area contributed by atoms with Crippen molar-refractivity contribution >= 4 is 5.84 Å². The van der Waals surface area contributed by atoms with Gasteiger partial charge >= 0.3 is 0 Å². The average Bonchev–Trinajstić information content (AvgIpc) is 2.36. The van der Waals surface area contributed by atoms with Crippen LogP contribution < -0.4 is 5.73 Å². The van der Waals surface area contributed by atoms with Gasteiger partial charge in [-0.1, -0.05) is 0 Å². The first kappa shape index (κ1) is 7.78. The van der Waals surface area contributed by atoms with Crippen LogP contribution in [0.5, 0.6) is 0 Å². The van der Waals surface area contributed by atoms with Crippen LogP contribution in [0.3, 0.4) is 0 Å². The van der Waals surface area contributed by atoms with E-state index in [-0.39, 0.29) is 0 Å². The topological polar surface area (TPSA) is 56.2 Å². The predicted octanol–water partition coefficient (Wildman–Crippen LogP) is 0.145. The van der Waals surface area contributed by atoms with Gasteiger partial charge in [0, 0.05) is 19.8 Å². The molecule has 1 aromatic heterocycles. The van der Waals surface area contributed by atoms with Crippen molar-refractivity contribution in [3.63, 3.8) is 0 Å². The highest BCUT2D eigenvalue weighted by Gasteiger charge is 1.98. The van der Waals surface area contributed by atoms with E-state index in [1.807, 2.05) is 20.2 Å². The molecule has 11 heavy (non-hydrogen) atoms. The van der Waals surface area contributed by atoms with Crippen molar-refractivity contribution in [1.82, 2.24) is 9.78 Å². The van der Waals surface area contributed by atoms with E-state index in [0.717, 1.165) is 5.56 Å². The summed E-state index contributed by atoms with van der Waals surface area (Å²) in [6.07, 6.45) is 3.54. The molecule has 0 saturated heterocycles. The van der Waals surface area contributed by atoms with Crippen molar-refractivity contribution in [2.45, 2.75) is 6.92 Å². The number of rotatable bonds is 2. The molecule has 4 heteroatoms. The molecule has 0 spiro atoms. The van der Waals surface area contributed by atoms with Crippen LogP contribution in [0.1, 0.15) is 12.5 Å². The number of aromatic nitrogens is 2. The molecule has 0 atom stereocenters. The molecule has 1 rings (SSSR count). The molecule has 0 saturated carbocycles. The molecule has 0 aliphatic rings. The summed E-state index contributed by atoms with van der Waals surface area (Å²) >= 11 is 0. The molecule has 0 aliphatic heterocycles. The van der Waals surface area contributed by atoms with Crippen LogP contribution in [-0.2, 0) is 7.05 Å². The number of aliphatic imine (C=N–C) groups is 1. The Hall–Kier alpha value is -1.32. The monoisotopic (exact) mass is 152 g/mol. The quantitative estimate of drug-likeness (QED) is 0.484. The van der Waals surface area contributed by atoms with Crippen LogP contribution in [0.25, 0.3) is 0 Å². The minimum absolute atomic E-state index is 0.556. The lowest BCUT2D eigenvalue weighted by molar-refractivity contribution is 0.767. The molecule has 0 aliphatic carbocycles. The zero-order valence-corrected chi connectivity index (χ0v) is 6.78. The van der Waals surface area contributed by atoms with Gasteiger partial charge in [-0.3, -0.25) is 9.67 Å². The Balaban J connectivity index is 2.84. The van der Waals surface area contributed by atoms with Gasteiger partial charge in [0.05, 0.1) is 11.8 Å². The van der Waals surface area contributed by atoms with E-state index < -0.39 is 0 Å². The van der Waals surface area contributed by atoms with Gasteiger partial charge in [0.15, 0.2) is 0 Å². The summed E-state index contributed by atoms with van der Waals surface area (Å²) in [5.74, 6) is 0.556. The van der Waals surface area contributed by atoms with Crippen LogP contribution in [0.2, 0.25) is 0 Å². The van der Waals surface area contributed by atoms with Gasteiger partial charge in [0.25, 0.3) is 0 Å². The Labute approximate surface area is 65.7 Å². The summed E-state index contributed by atoms with van der Waals surface area (Å²) in [6.45, 7) is 2.66. The molecule has 1 heterocycles. The Morgan fingerprint density at radius 3 is 3.00 bits per heavy atom. The van der Waals surface area contributed by atoms with E-state index in [4.69, 9.17) is 5.73 Å². The van der Waals surface area contributed by atoms with Crippen LogP contribution in [0, 0.1) is 0 Å². The van der Waals surface area contributed by atoms with Gasteiger partial charge in [-0.05, 0) is 6.92 Å². The standard InChI is InChI=1S/C7H12N4/c1-3-9-7(8)6-4-10-11(2)5-6/h4-5H,3H2,1-2H3,(H2,8,9). The highest BCUT2D eigenvalue weighted by atomic mass is 15.2. The Morgan fingerprint density at radius 2 is 2.55 bits per heavy atom. The first-order chi connectivity index (χ1) is 5.24. The van der Waals surface area contributed by atoms with Crippen molar-refractivity contribution in [3.05, 3.63) is 18.0 Å². The van der Waals surface area contributed by atoms with E-state index in [1.54, 1.807) is 10.9 Å². The van der Waals surface area contributed by atoms with Crippen LogP contribution >= 0.6 is 0 Å². The SMILES string of the molecule is CCN=C(N)c1cnn(C)c1. The zero-order chi connectivity index (χ0) is 8.27. The number of aryl methyl sites for hydroxylation is 1. The van der Waals surface area contributed by atoms with Gasteiger partial charge in [-0.2, -0.15) is 5.10 Å². The fourth-order valence-electron chi connectivity index (χ4n) is 0.815. The highest BCUT2D eigenvalue weighted by Crippen LogP contribution is 1.94. The molecule has 2 N–H and O–H groups in total. The predicted molar refractivity (Wildman–Crippen MR) is 44.5 cm³/mol. The molecule has 4 nitrogen and oxygen atoms in total. The van der Waals surface area contributed by atoms with Crippen molar-refractivity contribution in [2.75, 3.05) is 6.54 Å². The molecule has 0 fully saturated rings. The highest BCUT2D eigenvalue weighted by molar-refractivity contribution is 5.96. The second-order valence-electron chi connectivity index (χ2n) is 2.26. The Kier molecular flexibility index (Phi) is 2.25. The summed E-state index contributed by atoms with van der Waals surface area (Å²) in [6, 6.07) is 0. The van der Waals surface area contributed by atoms with E-state index in [0.29, 0.717) is 12.4 Å². The van der Waals surface area contributed by atoms with Gasteiger partial charge in [-0.25, -0.2) is 0 Å². The van der Waals surface area contributed by atoms with Gasteiger partial charge in [0.2, 0.25) is 0 Å². The van der Waals surface area contributed by atoms with E-state index in [1.165, 1.54) is 0 Å². The maximum atomic E-state index is 5.62. The summed E-state index contributed by atoms with van der Waals surface area (Å²) in [4.78, 5) is 4.05. The number of amidine groups is 1. The molecule has 0 unspecified atom stereocenters. The number of nitrogens with two attached hydrogens (primary N) is 1. The molecule has 0 radical (unpaired) electrons. The van der Waals surface area contributed by atoms with Crippen molar-refractivity contribution in [1.29, 1.82) is 0 Å². The fraction of sp³-hybridized carbons (Fsp3) is 0.429. The lowest BCUT2D eigenvalue weighted by atomic mass is 10.3. The Bertz CT molecular complexity index is 261. The van der Waals surface area contributed by atoms with Gasteiger partial charge in [0.1, 0.15) is 5.84 Å². The Morgan fingerprint density at radius 1 is 1.82 bits per heavy atom. The molecule has 0 amide bonds. The average molecular weight is 152 g/mol. The van der Waals surface area contributed by atoms with Crippen LogP contribution in [0.4, 0.5) is 0 Å². The number of hydrogen-bond donors (Lipinski definition) is 1. The largest absolute Gasteiger partial charge is 0.383 e. The lowest BCUT2D eigenvalue weighted by Gasteiger charge is -1.92. The van der Waals surface area contributed by atoms with Gasteiger partial charge < -0.3 is 5.73 Å². The van der Waals surface area contributed by atoms with E-state index >= 15 is 0 Å². The first-order valence-electron chi connectivity index (χ1n) is 3.53. The molecule has 0 bridgehead atoms. The molecular weight excluding hydrogens is 140 g/mol. The number of nitrogens with zero attached hydrogens (tertiary/aromatic N) is 3.